The number of benzene rings is 2. The van der Waals surface area contributed by atoms with E-state index < -0.39 is 0 Å². The first kappa shape index (κ1) is 18.8. The highest BCUT2D eigenvalue weighted by molar-refractivity contribution is 5.76. The summed E-state index contributed by atoms with van der Waals surface area (Å²) >= 11 is 0. The number of aromatic nitrogens is 1. The average Bonchev–Trinajstić information content (AvgIpc) is 3.44. The summed E-state index contributed by atoms with van der Waals surface area (Å²) in [6, 6.07) is 20.7. The lowest BCUT2D eigenvalue weighted by Crippen LogP contribution is -2.45. The van der Waals surface area contributed by atoms with E-state index in [9.17, 15) is 4.79 Å². The Hall–Kier alpha value is -3.21. The fraction of sp³-hybridized carbons (Fsp3) is 0.320. The lowest BCUT2D eigenvalue weighted by Gasteiger charge is -2.32. The highest BCUT2D eigenvalue weighted by Crippen LogP contribution is 2.37. The van der Waals surface area contributed by atoms with Gasteiger partial charge in [-0.25, -0.2) is 4.79 Å². The number of rotatable bonds is 3. The molecule has 2 aromatic carbocycles. The van der Waals surface area contributed by atoms with Crippen molar-refractivity contribution in [2.75, 3.05) is 7.11 Å². The number of hydrogen-bond donors (Lipinski definition) is 1. The van der Waals surface area contributed by atoms with Crippen molar-refractivity contribution in [1.29, 1.82) is 0 Å². The van der Waals surface area contributed by atoms with Crippen LogP contribution in [0.5, 0.6) is 5.75 Å². The van der Waals surface area contributed by atoms with Crippen LogP contribution in [0, 0.1) is 0 Å². The summed E-state index contributed by atoms with van der Waals surface area (Å²) in [7, 11) is 1.67. The number of ether oxygens (including phenoxy) is 1. The second kappa shape index (κ2) is 7.90. The van der Waals surface area contributed by atoms with Gasteiger partial charge in [-0.2, -0.15) is 0 Å². The zero-order valence-electron chi connectivity index (χ0n) is 17.3. The van der Waals surface area contributed by atoms with E-state index in [1.165, 1.54) is 12.8 Å². The van der Waals surface area contributed by atoms with E-state index in [1.54, 1.807) is 7.11 Å². The standard InChI is InChI=1S/C25H27N3O2/c1-30-21-14-12-18(13-15-21)24-23-11-6-16-27(23)22-10-5-2-7-19(22)17-28(24)25(29)26-20-8-3-4-9-20/h2,5-7,10-16,20,24H,3-4,8-9,17H2,1H3,(H,26,29)/t24-/m0/s1. The molecule has 3 aromatic rings. The maximum atomic E-state index is 13.5. The third-order valence-corrected chi connectivity index (χ3v) is 6.34. The zero-order valence-corrected chi connectivity index (χ0v) is 17.3. The molecule has 5 nitrogen and oxygen atoms in total. The van der Waals surface area contributed by atoms with Crippen LogP contribution in [0.25, 0.3) is 5.69 Å². The number of methoxy groups -OCH3 is 1. The van der Waals surface area contributed by atoms with Gasteiger partial charge in [0.15, 0.2) is 0 Å². The Morgan fingerprint density at radius 1 is 1.00 bits per heavy atom. The van der Waals surface area contributed by atoms with Crippen molar-refractivity contribution < 1.29 is 9.53 Å². The van der Waals surface area contributed by atoms with Gasteiger partial charge in [0.05, 0.1) is 25.4 Å². The van der Waals surface area contributed by atoms with Gasteiger partial charge in [0.2, 0.25) is 0 Å². The minimum absolute atomic E-state index is 0.00664. The van der Waals surface area contributed by atoms with Gasteiger partial charge in [-0.15, -0.1) is 0 Å². The quantitative estimate of drug-likeness (QED) is 0.668. The molecular weight excluding hydrogens is 374 g/mol. The van der Waals surface area contributed by atoms with Crippen LogP contribution in [0.3, 0.4) is 0 Å². The van der Waals surface area contributed by atoms with Crippen LogP contribution >= 0.6 is 0 Å². The number of carbonyl (C=O) groups excluding carboxylic acids is 1. The van der Waals surface area contributed by atoms with Crippen LogP contribution in [0.1, 0.15) is 48.5 Å². The monoisotopic (exact) mass is 401 g/mol. The molecule has 1 saturated carbocycles. The van der Waals surface area contributed by atoms with E-state index in [-0.39, 0.29) is 18.1 Å². The third-order valence-electron chi connectivity index (χ3n) is 6.34. The molecule has 1 fully saturated rings. The van der Waals surface area contributed by atoms with Crippen molar-refractivity contribution in [2.45, 2.75) is 44.3 Å². The first-order valence-corrected chi connectivity index (χ1v) is 10.7. The molecule has 1 atom stereocenters. The fourth-order valence-corrected chi connectivity index (χ4v) is 4.80. The third kappa shape index (κ3) is 3.34. The van der Waals surface area contributed by atoms with Crippen molar-refractivity contribution in [1.82, 2.24) is 14.8 Å². The highest BCUT2D eigenvalue weighted by atomic mass is 16.5. The minimum atomic E-state index is -0.181. The molecule has 2 aliphatic rings. The van der Waals surface area contributed by atoms with Crippen molar-refractivity contribution >= 4 is 6.03 Å². The van der Waals surface area contributed by atoms with Crippen LogP contribution < -0.4 is 10.1 Å². The van der Waals surface area contributed by atoms with Crippen molar-refractivity contribution in [3.8, 4) is 11.4 Å². The lowest BCUT2D eigenvalue weighted by molar-refractivity contribution is 0.176. The molecule has 2 heterocycles. The molecule has 5 heteroatoms. The molecule has 154 valence electrons. The SMILES string of the molecule is COc1ccc([C@H]2c3cccn3-c3ccccc3CN2C(=O)NC2CCCC2)cc1. The molecule has 1 N–H and O–H groups in total. The second-order valence-corrected chi connectivity index (χ2v) is 8.17. The summed E-state index contributed by atoms with van der Waals surface area (Å²) in [5.74, 6) is 0.813. The summed E-state index contributed by atoms with van der Waals surface area (Å²) in [4.78, 5) is 15.5. The summed E-state index contributed by atoms with van der Waals surface area (Å²) in [6.45, 7) is 0.563. The molecule has 1 aliphatic heterocycles. The van der Waals surface area contributed by atoms with Crippen LogP contribution in [-0.2, 0) is 6.54 Å². The fourth-order valence-electron chi connectivity index (χ4n) is 4.80. The molecule has 0 radical (unpaired) electrons. The number of para-hydroxylation sites is 1. The maximum absolute atomic E-state index is 13.5. The summed E-state index contributed by atoms with van der Waals surface area (Å²) in [5, 5.41) is 3.31. The first-order valence-electron chi connectivity index (χ1n) is 10.7. The number of carbonyl (C=O) groups is 1. The van der Waals surface area contributed by atoms with E-state index in [0.717, 1.165) is 41.1 Å². The van der Waals surface area contributed by atoms with E-state index >= 15 is 0 Å². The van der Waals surface area contributed by atoms with E-state index in [0.29, 0.717) is 6.54 Å². The molecule has 30 heavy (non-hydrogen) atoms. The first-order chi connectivity index (χ1) is 14.7. The van der Waals surface area contributed by atoms with Crippen LogP contribution in [0.4, 0.5) is 4.79 Å². The summed E-state index contributed by atoms with van der Waals surface area (Å²) < 4.78 is 7.57. The summed E-state index contributed by atoms with van der Waals surface area (Å²) in [6.07, 6.45) is 6.61. The molecule has 0 spiro atoms. The molecule has 1 aromatic heterocycles. The molecular formula is C25H27N3O2. The largest absolute Gasteiger partial charge is 0.497 e. The second-order valence-electron chi connectivity index (χ2n) is 8.17. The van der Waals surface area contributed by atoms with E-state index in [1.807, 2.05) is 23.1 Å². The predicted octanol–water partition coefficient (Wildman–Crippen LogP) is 5.04. The lowest BCUT2D eigenvalue weighted by atomic mass is 10.0. The Bertz CT molecular complexity index is 1030. The number of fused-ring (bicyclic) bond motifs is 3. The number of nitrogens with one attached hydrogen (secondary N) is 1. The van der Waals surface area contributed by atoms with Gasteiger partial charge in [-0.3, -0.25) is 0 Å². The smallest absolute Gasteiger partial charge is 0.318 e. The molecule has 0 saturated heterocycles. The van der Waals surface area contributed by atoms with Crippen molar-refractivity contribution in [3.63, 3.8) is 0 Å². The Kier molecular flexibility index (Phi) is 4.95. The normalized spacial score (nSPS) is 18.4. The molecule has 0 bridgehead atoms. The number of amides is 2. The van der Waals surface area contributed by atoms with Gasteiger partial charge in [0, 0.05) is 17.9 Å². The van der Waals surface area contributed by atoms with Gasteiger partial charge < -0.3 is 19.5 Å². The van der Waals surface area contributed by atoms with Gasteiger partial charge in [0.1, 0.15) is 5.75 Å². The summed E-state index contributed by atoms with van der Waals surface area (Å²) in [5.41, 5.74) is 4.44. The number of hydrogen-bond acceptors (Lipinski definition) is 2. The van der Waals surface area contributed by atoms with Gasteiger partial charge in [0.25, 0.3) is 0 Å². The predicted molar refractivity (Wildman–Crippen MR) is 117 cm³/mol. The average molecular weight is 402 g/mol. The highest BCUT2D eigenvalue weighted by Gasteiger charge is 2.34. The van der Waals surface area contributed by atoms with Crippen LogP contribution in [-0.4, -0.2) is 28.6 Å². The van der Waals surface area contributed by atoms with Crippen LogP contribution in [0.15, 0.2) is 66.9 Å². The topological polar surface area (TPSA) is 46.5 Å². The molecule has 0 unspecified atom stereocenters. The Balaban J connectivity index is 1.60. The van der Waals surface area contributed by atoms with Gasteiger partial charge >= 0.3 is 6.03 Å². The van der Waals surface area contributed by atoms with Crippen molar-refractivity contribution in [2.24, 2.45) is 0 Å². The van der Waals surface area contributed by atoms with E-state index in [2.05, 4.69) is 58.5 Å². The Morgan fingerprint density at radius 2 is 1.77 bits per heavy atom. The Labute approximate surface area is 177 Å². The molecule has 2 amide bonds. The number of nitrogens with zero attached hydrogens (tertiary/aromatic N) is 2. The molecule has 5 rings (SSSR count). The number of urea groups is 1. The molecule has 1 aliphatic carbocycles. The minimum Gasteiger partial charge on any atom is -0.497 e. The Morgan fingerprint density at radius 3 is 2.53 bits per heavy atom. The van der Waals surface area contributed by atoms with E-state index in [4.69, 9.17) is 4.74 Å². The van der Waals surface area contributed by atoms with Crippen molar-refractivity contribution in [3.05, 3.63) is 83.7 Å². The van der Waals surface area contributed by atoms with Crippen LogP contribution in [0.2, 0.25) is 0 Å². The van der Waals surface area contributed by atoms with Gasteiger partial charge in [-0.1, -0.05) is 43.2 Å². The zero-order chi connectivity index (χ0) is 20.5. The maximum Gasteiger partial charge on any atom is 0.318 e. The van der Waals surface area contributed by atoms with Gasteiger partial charge in [-0.05, 0) is 54.3 Å².